The van der Waals surface area contributed by atoms with Crippen LogP contribution in [0.4, 0.5) is 13.6 Å². The summed E-state index contributed by atoms with van der Waals surface area (Å²) in [5, 5.41) is 7.66. The quantitative estimate of drug-likeness (QED) is 0.705. The predicted octanol–water partition coefficient (Wildman–Crippen LogP) is 2.49. The molecule has 0 aliphatic rings. The van der Waals surface area contributed by atoms with Crippen molar-refractivity contribution in [2.45, 2.75) is 38.9 Å². The first-order valence-corrected chi connectivity index (χ1v) is 8.17. The number of carbonyl (C=O) groups is 2. The lowest BCUT2D eigenvalue weighted by Crippen LogP contribution is -2.50. The summed E-state index contributed by atoms with van der Waals surface area (Å²) >= 11 is 0. The highest BCUT2D eigenvalue weighted by Gasteiger charge is 2.18. The third-order valence-electron chi connectivity index (χ3n) is 3.71. The number of amides is 3. The first-order chi connectivity index (χ1) is 12.4. The van der Waals surface area contributed by atoms with Crippen LogP contribution in [0, 0.1) is 11.6 Å². The Bertz CT molecular complexity index is 730. The second-order valence-electron chi connectivity index (χ2n) is 5.94. The summed E-state index contributed by atoms with van der Waals surface area (Å²) in [6, 6.07) is 5.11. The molecule has 6 nitrogen and oxygen atoms in total. The predicted molar refractivity (Wildman–Crippen MR) is 91.2 cm³/mol. The molecule has 3 N–H and O–H groups in total. The van der Waals surface area contributed by atoms with Crippen molar-refractivity contribution in [3.8, 4) is 0 Å². The first-order valence-electron chi connectivity index (χ1n) is 8.17. The second kappa shape index (κ2) is 8.98. The molecule has 2 rings (SSSR count). The molecule has 26 heavy (non-hydrogen) atoms. The van der Waals surface area contributed by atoms with E-state index in [1.54, 1.807) is 19.1 Å². The number of hydrogen-bond donors (Lipinski definition) is 3. The number of carbonyl (C=O) groups excluding carboxylic acids is 2. The van der Waals surface area contributed by atoms with Crippen LogP contribution in [0.15, 0.2) is 41.0 Å². The monoisotopic (exact) mass is 365 g/mol. The molecule has 140 valence electrons. The fraction of sp³-hybridized carbons (Fsp3) is 0.333. The highest BCUT2D eigenvalue weighted by atomic mass is 19.1. The van der Waals surface area contributed by atoms with Gasteiger partial charge in [-0.2, -0.15) is 0 Å². The molecule has 0 aliphatic heterocycles. The molecule has 0 bridgehead atoms. The van der Waals surface area contributed by atoms with Crippen LogP contribution < -0.4 is 16.0 Å². The molecule has 0 saturated carbocycles. The number of hydrogen-bond acceptors (Lipinski definition) is 3. The van der Waals surface area contributed by atoms with Crippen molar-refractivity contribution in [2.75, 3.05) is 0 Å². The van der Waals surface area contributed by atoms with Crippen LogP contribution in [-0.2, 0) is 17.8 Å². The molecule has 0 spiro atoms. The lowest BCUT2D eigenvalue weighted by Gasteiger charge is -2.18. The highest BCUT2D eigenvalue weighted by molar-refractivity contribution is 5.86. The first kappa shape index (κ1) is 19.4. The van der Waals surface area contributed by atoms with Gasteiger partial charge in [-0.15, -0.1) is 0 Å². The Hall–Kier alpha value is -2.90. The lowest BCUT2D eigenvalue weighted by atomic mass is 10.1. The summed E-state index contributed by atoms with van der Waals surface area (Å²) < 4.78 is 32.4. The Morgan fingerprint density at radius 2 is 1.77 bits per heavy atom. The summed E-state index contributed by atoms with van der Waals surface area (Å²) in [6.45, 7) is 3.35. The van der Waals surface area contributed by atoms with E-state index in [-0.39, 0.29) is 24.4 Å². The minimum Gasteiger partial charge on any atom is -0.467 e. The van der Waals surface area contributed by atoms with E-state index in [4.69, 9.17) is 4.42 Å². The number of furan rings is 1. The smallest absolute Gasteiger partial charge is 0.315 e. The number of urea groups is 1. The fourth-order valence-corrected chi connectivity index (χ4v) is 2.35. The molecule has 0 saturated heterocycles. The molecule has 1 heterocycles. The van der Waals surface area contributed by atoms with E-state index in [1.807, 2.05) is 0 Å². The molecule has 8 heteroatoms. The molecule has 0 aliphatic carbocycles. The number of nitrogens with one attached hydrogen (secondary N) is 3. The van der Waals surface area contributed by atoms with Gasteiger partial charge in [-0.3, -0.25) is 4.79 Å². The highest BCUT2D eigenvalue weighted by Crippen LogP contribution is 2.14. The van der Waals surface area contributed by atoms with Crippen molar-refractivity contribution in [1.82, 2.24) is 16.0 Å². The van der Waals surface area contributed by atoms with E-state index in [0.29, 0.717) is 5.76 Å². The molecule has 0 fully saturated rings. The van der Waals surface area contributed by atoms with Gasteiger partial charge in [0.15, 0.2) is 0 Å². The van der Waals surface area contributed by atoms with Crippen molar-refractivity contribution in [3.05, 3.63) is 59.6 Å². The molecule has 0 radical (unpaired) electrons. The van der Waals surface area contributed by atoms with Crippen LogP contribution in [0.1, 0.15) is 25.2 Å². The SMILES string of the molecule is CC(Cc1c(F)cccc1F)NC(=O)NC(C)C(=O)NCc1ccco1. The average Bonchev–Trinajstić information content (AvgIpc) is 3.09. The normalized spacial score (nSPS) is 12.9. The van der Waals surface area contributed by atoms with Crippen LogP contribution in [0.25, 0.3) is 0 Å². The molecule has 1 aromatic carbocycles. The van der Waals surface area contributed by atoms with Crippen molar-refractivity contribution < 1.29 is 22.8 Å². The molecule has 2 atom stereocenters. The van der Waals surface area contributed by atoms with E-state index in [2.05, 4.69) is 16.0 Å². The molecule has 2 unspecified atom stereocenters. The van der Waals surface area contributed by atoms with Crippen LogP contribution in [0.2, 0.25) is 0 Å². The summed E-state index contributed by atoms with van der Waals surface area (Å²) in [7, 11) is 0. The van der Waals surface area contributed by atoms with Gasteiger partial charge in [0.25, 0.3) is 0 Å². The van der Waals surface area contributed by atoms with Gasteiger partial charge in [-0.1, -0.05) is 6.07 Å². The van der Waals surface area contributed by atoms with Gasteiger partial charge < -0.3 is 20.4 Å². The van der Waals surface area contributed by atoms with Crippen LogP contribution in [0.5, 0.6) is 0 Å². The third kappa shape index (κ3) is 5.58. The average molecular weight is 365 g/mol. The number of halogens is 2. The number of rotatable bonds is 7. The Balaban J connectivity index is 1.78. The lowest BCUT2D eigenvalue weighted by molar-refractivity contribution is -0.122. The van der Waals surface area contributed by atoms with Gasteiger partial charge in [-0.25, -0.2) is 13.6 Å². The molecule has 3 amide bonds. The summed E-state index contributed by atoms with van der Waals surface area (Å²) in [5.41, 5.74) is -0.0930. The van der Waals surface area contributed by atoms with E-state index in [1.165, 1.54) is 19.3 Å². The standard InChI is InChI=1S/C18H21F2N3O3/c1-11(9-14-15(19)6-3-7-16(14)20)22-18(25)23-12(2)17(24)21-10-13-5-4-8-26-13/h3-8,11-12H,9-10H2,1-2H3,(H,21,24)(H2,22,23,25). The van der Waals surface area contributed by atoms with E-state index < -0.39 is 29.7 Å². The molecular weight excluding hydrogens is 344 g/mol. The van der Waals surface area contributed by atoms with Gasteiger partial charge in [0.2, 0.25) is 5.91 Å². The number of benzene rings is 1. The van der Waals surface area contributed by atoms with Crippen molar-refractivity contribution in [1.29, 1.82) is 0 Å². The van der Waals surface area contributed by atoms with E-state index in [0.717, 1.165) is 12.1 Å². The fourth-order valence-electron chi connectivity index (χ4n) is 2.35. The minimum atomic E-state index is -0.789. The topological polar surface area (TPSA) is 83.4 Å². The zero-order valence-electron chi connectivity index (χ0n) is 14.5. The van der Waals surface area contributed by atoms with Gasteiger partial charge in [0.1, 0.15) is 23.4 Å². The molecular formula is C18H21F2N3O3. The van der Waals surface area contributed by atoms with Crippen molar-refractivity contribution in [3.63, 3.8) is 0 Å². The zero-order valence-corrected chi connectivity index (χ0v) is 14.5. The maximum absolute atomic E-state index is 13.6. The molecule has 1 aromatic heterocycles. The maximum atomic E-state index is 13.6. The van der Waals surface area contributed by atoms with E-state index in [9.17, 15) is 18.4 Å². The van der Waals surface area contributed by atoms with Crippen LogP contribution >= 0.6 is 0 Å². The third-order valence-corrected chi connectivity index (χ3v) is 3.71. The van der Waals surface area contributed by atoms with Gasteiger partial charge in [-0.05, 0) is 44.5 Å². The van der Waals surface area contributed by atoms with Gasteiger partial charge >= 0.3 is 6.03 Å². The minimum absolute atomic E-state index is 0.00893. The second-order valence-corrected chi connectivity index (χ2v) is 5.94. The van der Waals surface area contributed by atoms with Crippen LogP contribution in [0.3, 0.4) is 0 Å². The Labute approximate surface area is 150 Å². The van der Waals surface area contributed by atoms with E-state index >= 15 is 0 Å². The van der Waals surface area contributed by atoms with Gasteiger partial charge in [0.05, 0.1) is 12.8 Å². The maximum Gasteiger partial charge on any atom is 0.315 e. The summed E-state index contributed by atoms with van der Waals surface area (Å²) in [6.07, 6.45) is 1.49. The largest absolute Gasteiger partial charge is 0.467 e. The van der Waals surface area contributed by atoms with Gasteiger partial charge in [0, 0.05) is 11.6 Å². The van der Waals surface area contributed by atoms with Crippen molar-refractivity contribution in [2.24, 2.45) is 0 Å². The molecule has 2 aromatic rings. The van der Waals surface area contributed by atoms with Crippen molar-refractivity contribution >= 4 is 11.9 Å². The Morgan fingerprint density at radius 3 is 2.38 bits per heavy atom. The Morgan fingerprint density at radius 1 is 1.08 bits per heavy atom. The Kier molecular flexibility index (Phi) is 6.71. The zero-order chi connectivity index (χ0) is 19.1. The van der Waals surface area contributed by atoms with Crippen LogP contribution in [-0.4, -0.2) is 24.0 Å². The summed E-state index contributed by atoms with van der Waals surface area (Å²) in [4.78, 5) is 23.9. The summed E-state index contributed by atoms with van der Waals surface area (Å²) in [5.74, 6) is -1.12.